The molecule has 0 saturated carbocycles. The first kappa shape index (κ1) is 13.9. The molecule has 0 amide bonds. The van der Waals surface area contributed by atoms with Gasteiger partial charge in [0.25, 0.3) is 0 Å². The van der Waals surface area contributed by atoms with Crippen molar-refractivity contribution in [3.8, 4) is 5.75 Å². The average molecular weight is 273 g/mol. The molecule has 2 fully saturated rings. The SMILES string of the molecule is CC1CC2CCC(C1)N2CCCCOc1ccccc1. The number of hydrogen-bond acceptors (Lipinski definition) is 2. The van der Waals surface area contributed by atoms with Crippen LogP contribution < -0.4 is 4.74 Å². The Balaban J connectivity index is 1.34. The zero-order valence-corrected chi connectivity index (χ0v) is 12.6. The second-order valence-corrected chi connectivity index (χ2v) is 6.57. The summed E-state index contributed by atoms with van der Waals surface area (Å²) >= 11 is 0. The lowest BCUT2D eigenvalue weighted by atomic mass is 9.92. The maximum absolute atomic E-state index is 5.76. The maximum Gasteiger partial charge on any atom is 0.119 e. The van der Waals surface area contributed by atoms with E-state index in [1.165, 1.54) is 45.1 Å². The van der Waals surface area contributed by atoms with E-state index in [4.69, 9.17) is 4.74 Å². The fourth-order valence-electron chi connectivity index (χ4n) is 4.01. The van der Waals surface area contributed by atoms with Crippen molar-refractivity contribution in [1.82, 2.24) is 4.90 Å². The number of unbranched alkanes of at least 4 members (excludes halogenated alkanes) is 1. The van der Waals surface area contributed by atoms with Gasteiger partial charge in [-0.25, -0.2) is 0 Å². The first-order chi connectivity index (χ1) is 9.83. The molecule has 20 heavy (non-hydrogen) atoms. The monoisotopic (exact) mass is 273 g/mol. The Morgan fingerprint density at radius 2 is 1.75 bits per heavy atom. The molecule has 2 bridgehead atoms. The molecule has 1 aromatic carbocycles. The third kappa shape index (κ3) is 3.35. The van der Waals surface area contributed by atoms with Crippen LogP contribution in [0, 0.1) is 5.92 Å². The predicted molar refractivity (Wildman–Crippen MR) is 83.1 cm³/mol. The van der Waals surface area contributed by atoms with Crippen LogP contribution in [0.4, 0.5) is 0 Å². The topological polar surface area (TPSA) is 12.5 Å². The van der Waals surface area contributed by atoms with Crippen molar-refractivity contribution < 1.29 is 4.74 Å². The highest BCUT2D eigenvalue weighted by atomic mass is 16.5. The Morgan fingerprint density at radius 1 is 1.05 bits per heavy atom. The summed E-state index contributed by atoms with van der Waals surface area (Å²) in [7, 11) is 0. The molecule has 0 aromatic heterocycles. The fraction of sp³-hybridized carbons (Fsp3) is 0.667. The number of nitrogens with zero attached hydrogens (tertiary/aromatic N) is 1. The Labute approximate surface area is 123 Å². The first-order valence-electron chi connectivity index (χ1n) is 8.26. The van der Waals surface area contributed by atoms with Crippen molar-refractivity contribution >= 4 is 0 Å². The molecule has 2 heterocycles. The van der Waals surface area contributed by atoms with Gasteiger partial charge in [-0.15, -0.1) is 0 Å². The van der Waals surface area contributed by atoms with Gasteiger partial charge in [0, 0.05) is 12.1 Å². The summed E-state index contributed by atoms with van der Waals surface area (Å²) < 4.78 is 5.76. The standard InChI is InChI=1S/C18H27NO/c1-15-13-16-9-10-17(14-15)19(16)11-5-6-12-20-18-7-3-2-4-8-18/h2-4,7-8,15-17H,5-6,9-14H2,1H3. The molecule has 0 radical (unpaired) electrons. The van der Waals surface area contributed by atoms with Crippen LogP contribution >= 0.6 is 0 Å². The number of ether oxygens (including phenoxy) is 1. The van der Waals surface area contributed by atoms with Crippen LogP contribution in [0.3, 0.4) is 0 Å². The lowest BCUT2D eigenvalue weighted by molar-refractivity contribution is 0.106. The van der Waals surface area contributed by atoms with Crippen LogP contribution in [0.15, 0.2) is 30.3 Å². The number of benzene rings is 1. The minimum atomic E-state index is 0.851. The van der Waals surface area contributed by atoms with E-state index in [2.05, 4.69) is 11.8 Å². The van der Waals surface area contributed by atoms with Gasteiger partial charge in [0.05, 0.1) is 6.61 Å². The van der Waals surface area contributed by atoms with Gasteiger partial charge in [-0.3, -0.25) is 4.90 Å². The molecule has 0 N–H and O–H groups in total. The highest BCUT2D eigenvalue weighted by Crippen LogP contribution is 2.38. The van der Waals surface area contributed by atoms with Crippen molar-refractivity contribution in [1.29, 1.82) is 0 Å². The summed E-state index contributed by atoms with van der Waals surface area (Å²) in [4.78, 5) is 2.79. The molecule has 2 nitrogen and oxygen atoms in total. The Bertz CT molecular complexity index is 391. The minimum absolute atomic E-state index is 0.851. The molecular weight excluding hydrogens is 246 g/mol. The molecule has 2 aliphatic rings. The summed E-state index contributed by atoms with van der Waals surface area (Å²) in [5.41, 5.74) is 0. The molecular formula is C18H27NO. The number of para-hydroxylation sites is 1. The summed E-state index contributed by atoms with van der Waals surface area (Å²) in [6.45, 7) is 4.56. The summed E-state index contributed by atoms with van der Waals surface area (Å²) in [6, 6.07) is 11.9. The van der Waals surface area contributed by atoms with Crippen molar-refractivity contribution in [2.24, 2.45) is 5.92 Å². The van der Waals surface area contributed by atoms with Gasteiger partial charge in [0.15, 0.2) is 0 Å². The van der Waals surface area contributed by atoms with Crippen LogP contribution in [0.1, 0.15) is 45.4 Å². The number of piperidine rings is 1. The fourth-order valence-corrected chi connectivity index (χ4v) is 4.01. The molecule has 3 rings (SSSR count). The van der Waals surface area contributed by atoms with Crippen molar-refractivity contribution in [3.63, 3.8) is 0 Å². The van der Waals surface area contributed by atoms with Crippen LogP contribution in [0.2, 0.25) is 0 Å². The van der Waals surface area contributed by atoms with Crippen LogP contribution in [-0.4, -0.2) is 30.1 Å². The Morgan fingerprint density at radius 3 is 2.45 bits per heavy atom. The van der Waals surface area contributed by atoms with E-state index in [0.717, 1.165) is 30.4 Å². The Hall–Kier alpha value is -1.02. The highest BCUT2D eigenvalue weighted by molar-refractivity contribution is 5.20. The minimum Gasteiger partial charge on any atom is -0.494 e. The van der Waals surface area contributed by atoms with Gasteiger partial charge in [0.2, 0.25) is 0 Å². The largest absolute Gasteiger partial charge is 0.494 e. The van der Waals surface area contributed by atoms with E-state index in [1.54, 1.807) is 0 Å². The highest BCUT2D eigenvalue weighted by Gasteiger charge is 2.38. The molecule has 0 aliphatic carbocycles. The van der Waals surface area contributed by atoms with Gasteiger partial charge in [0.1, 0.15) is 5.75 Å². The van der Waals surface area contributed by atoms with Crippen LogP contribution in [0.5, 0.6) is 5.75 Å². The van der Waals surface area contributed by atoms with Crippen LogP contribution in [0.25, 0.3) is 0 Å². The normalized spacial score (nSPS) is 29.6. The van der Waals surface area contributed by atoms with Gasteiger partial charge in [-0.1, -0.05) is 25.1 Å². The lowest BCUT2D eigenvalue weighted by Crippen LogP contribution is -2.42. The van der Waals surface area contributed by atoms with Crippen molar-refractivity contribution in [3.05, 3.63) is 30.3 Å². The second kappa shape index (κ2) is 6.62. The van der Waals surface area contributed by atoms with E-state index < -0.39 is 0 Å². The van der Waals surface area contributed by atoms with Gasteiger partial charge in [-0.05, 0) is 63.1 Å². The van der Waals surface area contributed by atoms with Gasteiger partial charge in [-0.2, -0.15) is 0 Å². The molecule has 2 atom stereocenters. The van der Waals surface area contributed by atoms with E-state index in [1.807, 2.05) is 30.3 Å². The molecule has 1 aromatic rings. The summed E-state index contributed by atoms with van der Waals surface area (Å²) in [5, 5.41) is 0. The molecule has 2 heteroatoms. The maximum atomic E-state index is 5.76. The number of hydrogen-bond donors (Lipinski definition) is 0. The molecule has 2 saturated heterocycles. The Kier molecular flexibility index (Phi) is 4.62. The van der Waals surface area contributed by atoms with E-state index in [0.29, 0.717) is 0 Å². The van der Waals surface area contributed by atoms with Gasteiger partial charge < -0.3 is 4.74 Å². The third-order valence-electron chi connectivity index (χ3n) is 4.94. The van der Waals surface area contributed by atoms with E-state index in [9.17, 15) is 0 Å². The summed E-state index contributed by atoms with van der Waals surface area (Å²) in [6.07, 6.45) is 8.17. The molecule has 110 valence electrons. The predicted octanol–water partition coefficient (Wildman–Crippen LogP) is 4.11. The smallest absolute Gasteiger partial charge is 0.119 e. The van der Waals surface area contributed by atoms with E-state index >= 15 is 0 Å². The zero-order chi connectivity index (χ0) is 13.8. The third-order valence-corrected chi connectivity index (χ3v) is 4.94. The van der Waals surface area contributed by atoms with Crippen molar-refractivity contribution in [2.45, 2.75) is 57.5 Å². The molecule has 2 aliphatic heterocycles. The summed E-state index contributed by atoms with van der Waals surface area (Å²) in [5.74, 6) is 1.95. The number of rotatable bonds is 6. The van der Waals surface area contributed by atoms with Crippen molar-refractivity contribution in [2.75, 3.05) is 13.2 Å². The molecule has 0 spiro atoms. The van der Waals surface area contributed by atoms with E-state index in [-0.39, 0.29) is 0 Å². The average Bonchev–Trinajstić information content (AvgIpc) is 2.70. The van der Waals surface area contributed by atoms with Gasteiger partial charge >= 0.3 is 0 Å². The first-order valence-corrected chi connectivity index (χ1v) is 8.26. The zero-order valence-electron chi connectivity index (χ0n) is 12.6. The molecule has 2 unspecified atom stereocenters. The number of fused-ring (bicyclic) bond motifs is 2. The van der Waals surface area contributed by atoms with Crippen LogP contribution in [-0.2, 0) is 0 Å². The second-order valence-electron chi connectivity index (χ2n) is 6.57. The lowest BCUT2D eigenvalue weighted by Gasteiger charge is -2.37. The quantitative estimate of drug-likeness (QED) is 0.723.